The van der Waals surface area contributed by atoms with Crippen LogP contribution in [0.15, 0.2) is 47.9 Å². The van der Waals surface area contributed by atoms with Gasteiger partial charge in [-0.1, -0.05) is 6.07 Å². The van der Waals surface area contributed by atoms with Crippen LogP contribution < -0.4 is 39.2 Å². The van der Waals surface area contributed by atoms with Crippen molar-refractivity contribution in [1.82, 2.24) is 15.4 Å². The number of rotatable bonds is 17. The molecule has 3 rings (SSSR count). The highest BCUT2D eigenvalue weighted by molar-refractivity contribution is 7.93. The van der Waals surface area contributed by atoms with Gasteiger partial charge >= 0.3 is 12.1 Å². The maximum absolute atomic E-state index is 13.0. The zero-order valence-corrected chi connectivity index (χ0v) is 27.5. The van der Waals surface area contributed by atoms with Crippen molar-refractivity contribution in [3.63, 3.8) is 0 Å². The zero-order chi connectivity index (χ0) is 35.3. The molecule has 0 bridgehead atoms. The summed E-state index contributed by atoms with van der Waals surface area (Å²) in [4.78, 5) is 41.1. The van der Waals surface area contributed by atoms with Crippen molar-refractivity contribution < 1.29 is 61.5 Å². The smallest absolute Gasteiger partial charge is 0.412 e. The summed E-state index contributed by atoms with van der Waals surface area (Å²) >= 11 is 0. The average Bonchev–Trinajstić information content (AvgIpc) is 3.37. The first-order valence-corrected chi connectivity index (χ1v) is 16.0. The van der Waals surface area contributed by atoms with E-state index >= 15 is 0 Å². The number of sulfone groups is 1. The fourth-order valence-corrected chi connectivity index (χ4v) is 5.25. The van der Waals surface area contributed by atoms with Crippen LogP contribution in [0.3, 0.4) is 0 Å². The molecule has 0 atom stereocenters. The predicted molar refractivity (Wildman–Crippen MR) is 171 cm³/mol. The van der Waals surface area contributed by atoms with Crippen molar-refractivity contribution in [2.75, 3.05) is 41.5 Å². The van der Waals surface area contributed by atoms with Crippen LogP contribution in [-0.4, -0.2) is 82.9 Å². The van der Waals surface area contributed by atoms with Crippen LogP contribution in [0, 0.1) is 0 Å². The molecule has 3 aromatic rings. The van der Waals surface area contributed by atoms with Gasteiger partial charge in [0.05, 0.1) is 39.8 Å². The van der Waals surface area contributed by atoms with E-state index in [0.717, 1.165) is 17.5 Å². The van der Waals surface area contributed by atoms with E-state index in [1.807, 2.05) is 0 Å². The minimum absolute atomic E-state index is 0.00172. The SMILES string of the molecule is COc1cc(OC)c(C=CS(=O)(=O)Cc2ccc(OC)c(OC(=O)NCCNC(=O)CCCC(=O)On3c(O)ccc3O)c2)c(OC)c1. The predicted octanol–water partition coefficient (Wildman–Crippen LogP) is 2.55. The number of aromatic hydroxyl groups is 2. The standard InChI is InChI=1S/C31H37N3O13S/c1-42-21-17-24(44-3)22(25(18-21)45-4)12-15-48(40,41)19-20-8-9-23(43-2)26(16-20)46-31(39)33-14-13-32-27(35)6-5-7-30(38)47-34-28(36)10-11-29(34)37/h8-12,15-18,36-37H,5-7,13-14,19H2,1-4H3,(H,32,35)(H,33,39). The second-order valence-corrected chi connectivity index (χ2v) is 11.8. The van der Waals surface area contributed by atoms with E-state index in [1.54, 1.807) is 12.1 Å². The number of hydrogen-bond donors (Lipinski definition) is 4. The fraction of sp³-hybridized carbons (Fsp3) is 0.323. The topological polar surface area (TPSA) is 210 Å². The molecular weight excluding hydrogens is 654 g/mol. The van der Waals surface area contributed by atoms with Crippen molar-refractivity contribution in [3.05, 3.63) is 59.0 Å². The van der Waals surface area contributed by atoms with E-state index in [0.29, 0.717) is 33.1 Å². The average molecular weight is 692 g/mol. The van der Waals surface area contributed by atoms with Crippen LogP contribution in [0.2, 0.25) is 0 Å². The lowest BCUT2D eigenvalue weighted by atomic mass is 10.1. The lowest BCUT2D eigenvalue weighted by molar-refractivity contribution is -0.145. The number of ether oxygens (including phenoxy) is 5. The van der Waals surface area contributed by atoms with Gasteiger partial charge in [-0.15, -0.1) is 4.73 Å². The lowest BCUT2D eigenvalue weighted by Crippen LogP contribution is -2.36. The van der Waals surface area contributed by atoms with Crippen LogP contribution in [0.25, 0.3) is 6.08 Å². The Morgan fingerprint density at radius 1 is 0.792 bits per heavy atom. The minimum atomic E-state index is -3.82. The molecule has 17 heteroatoms. The Morgan fingerprint density at radius 3 is 2.02 bits per heavy atom. The Balaban J connectivity index is 1.49. The van der Waals surface area contributed by atoms with Crippen molar-refractivity contribution in [2.45, 2.75) is 25.0 Å². The third kappa shape index (κ3) is 10.8. The number of amides is 2. The largest absolute Gasteiger partial charge is 0.496 e. The molecule has 4 N–H and O–H groups in total. The second-order valence-electron chi connectivity index (χ2n) is 9.87. The fourth-order valence-electron chi connectivity index (χ4n) is 4.17. The van der Waals surface area contributed by atoms with E-state index in [4.69, 9.17) is 28.5 Å². The molecule has 0 aliphatic heterocycles. The third-order valence-electron chi connectivity index (χ3n) is 6.49. The highest BCUT2D eigenvalue weighted by atomic mass is 32.2. The molecule has 0 saturated heterocycles. The van der Waals surface area contributed by atoms with Crippen LogP contribution in [0.4, 0.5) is 4.79 Å². The van der Waals surface area contributed by atoms with Crippen LogP contribution in [0.1, 0.15) is 30.4 Å². The Bertz CT molecular complexity index is 1690. The Kier molecular flexibility index (Phi) is 13.3. The summed E-state index contributed by atoms with van der Waals surface area (Å²) in [5, 5.41) is 25.0. The second kappa shape index (κ2) is 17.4. The Labute approximate surface area is 276 Å². The van der Waals surface area contributed by atoms with E-state index in [2.05, 4.69) is 10.6 Å². The molecule has 2 aromatic carbocycles. The molecule has 48 heavy (non-hydrogen) atoms. The van der Waals surface area contributed by atoms with Gasteiger partial charge in [0.15, 0.2) is 21.3 Å². The van der Waals surface area contributed by atoms with Gasteiger partial charge in [0.1, 0.15) is 17.2 Å². The lowest BCUT2D eigenvalue weighted by Gasteiger charge is -2.13. The van der Waals surface area contributed by atoms with Gasteiger partial charge in [-0.05, 0) is 30.2 Å². The summed E-state index contributed by atoms with van der Waals surface area (Å²) in [6, 6.07) is 9.82. The monoisotopic (exact) mass is 691 g/mol. The van der Waals surface area contributed by atoms with Crippen molar-refractivity contribution in [2.24, 2.45) is 0 Å². The molecule has 260 valence electrons. The minimum Gasteiger partial charge on any atom is -0.496 e. The van der Waals surface area contributed by atoms with Crippen molar-refractivity contribution >= 4 is 33.9 Å². The number of benzene rings is 2. The summed E-state index contributed by atoms with van der Waals surface area (Å²) in [5.41, 5.74) is 0.711. The summed E-state index contributed by atoms with van der Waals surface area (Å²) in [5.74, 6) is -1.17. The first-order valence-electron chi connectivity index (χ1n) is 14.3. The van der Waals surface area contributed by atoms with Gasteiger partial charge in [-0.3, -0.25) is 4.79 Å². The van der Waals surface area contributed by atoms with Gasteiger partial charge in [0.25, 0.3) is 0 Å². The molecule has 2 amide bonds. The van der Waals surface area contributed by atoms with E-state index in [1.165, 1.54) is 52.7 Å². The third-order valence-corrected chi connectivity index (χ3v) is 7.77. The maximum atomic E-state index is 13.0. The van der Waals surface area contributed by atoms with Gasteiger partial charge in [-0.2, -0.15) is 0 Å². The van der Waals surface area contributed by atoms with Gasteiger partial charge in [-0.25, -0.2) is 18.0 Å². The number of nitrogens with one attached hydrogen (secondary N) is 2. The highest BCUT2D eigenvalue weighted by Gasteiger charge is 2.17. The van der Waals surface area contributed by atoms with E-state index in [-0.39, 0.29) is 43.9 Å². The van der Waals surface area contributed by atoms with Gasteiger partial charge in [0, 0.05) is 55.6 Å². The summed E-state index contributed by atoms with van der Waals surface area (Å²) in [6.07, 6.45) is 0.443. The van der Waals surface area contributed by atoms with Crippen LogP contribution in [-0.2, 0) is 25.2 Å². The molecule has 16 nitrogen and oxygen atoms in total. The molecular formula is C31H37N3O13S. The quantitative estimate of drug-likeness (QED) is 0.150. The van der Waals surface area contributed by atoms with Crippen LogP contribution in [0.5, 0.6) is 40.5 Å². The Hall–Kier alpha value is -5.58. The van der Waals surface area contributed by atoms with E-state index < -0.39 is 45.3 Å². The summed E-state index contributed by atoms with van der Waals surface area (Å²) in [6.45, 7) is 0.0489. The van der Waals surface area contributed by atoms with Gasteiger partial charge in [0.2, 0.25) is 17.7 Å². The molecule has 0 spiro atoms. The normalized spacial score (nSPS) is 11.1. The molecule has 0 radical (unpaired) electrons. The first kappa shape index (κ1) is 36.9. The molecule has 0 saturated carbocycles. The number of carbonyl (C=O) groups is 3. The summed E-state index contributed by atoms with van der Waals surface area (Å²) < 4.78 is 53.0. The number of hydrogen-bond acceptors (Lipinski definition) is 13. The molecule has 0 unspecified atom stereocenters. The molecule has 1 heterocycles. The van der Waals surface area contributed by atoms with Crippen molar-refractivity contribution in [3.8, 4) is 40.5 Å². The van der Waals surface area contributed by atoms with Crippen molar-refractivity contribution in [1.29, 1.82) is 0 Å². The maximum Gasteiger partial charge on any atom is 0.412 e. The Morgan fingerprint density at radius 2 is 1.42 bits per heavy atom. The first-order chi connectivity index (χ1) is 22.9. The molecule has 0 fully saturated rings. The number of methoxy groups -OCH3 is 4. The number of carbonyl (C=O) groups excluding carboxylic acids is 3. The molecule has 1 aromatic heterocycles. The molecule has 0 aliphatic rings. The number of aromatic nitrogens is 1. The zero-order valence-electron chi connectivity index (χ0n) is 26.7. The van der Waals surface area contributed by atoms with Crippen LogP contribution >= 0.6 is 0 Å². The summed E-state index contributed by atoms with van der Waals surface area (Å²) in [7, 11) is 1.89. The number of nitrogens with zero attached hydrogens (tertiary/aromatic N) is 1. The highest BCUT2D eigenvalue weighted by Crippen LogP contribution is 2.35. The molecule has 0 aliphatic carbocycles. The van der Waals surface area contributed by atoms with Gasteiger partial charge < -0.3 is 49.4 Å². The van der Waals surface area contributed by atoms with E-state index in [9.17, 15) is 33.0 Å².